The lowest BCUT2D eigenvalue weighted by molar-refractivity contribution is 0.0729. The molecular weight excluding hydrogens is 192 g/mol. The highest BCUT2D eigenvalue weighted by molar-refractivity contribution is 5.92. The van der Waals surface area contributed by atoms with Gasteiger partial charge >= 0.3 is 0 Å². The minimum absolute atomic E-state index is 0.0176. The van der Waals surface area contributed by atoms with Gasteiger partial charge in [-0.05, 0) is 19.9 Å². The molecule has 5 nitrogen and oxygen atoms in total. The molecule has 1 unspecified atom stereocenters. The number of imidazole rings is 1. The number of carbonyl (C=O) groups is 1. The van der Waals surface area contributed by atoms with Crippen molar-refractivity contribution >= 4 is 5.91 Å². The smallest absolute Gasteiger partial charge is 0.272 e. The summed E-state index contributed by atoms with van der Waals surface area (Å²) in [5.41, 5.74) is 6.06. The van der Waals surface area contributed by atoms with E-state index in [9.17, 15) is 4.79 Å². The maximum Gasteiger partial charge on any atom is 0.272 e. The molecule has 2 N–H and O–H groups in total. The molecule has 0 aliphatic rings. The molecule has 5 heteroatoms. The van der Waals surface area contributed by atoms with E-state index in [1.54, 1.807) is 29.0 Å². The van der Waals surface area contributed by atoms with Gasteiger partial charge in [0.2, 0.25) is 0 Å². The van der Waals surface area contributed by atoms with E-state index in [-0.39, 0.29) is 11.9 Å². The molecule has 0 fully saturated rings. The molecule has 1 heterocycles. The van der Waals surface area contributed by atoms with Crippen LogP contribution in [0.5, 0.6) is 0 Å². The minimum atomic E-state index is -0.0176. The number of hydrogen-bond acceptors (Lipinski definition) is 3. The Labute approximate surface area is 89.9 Å². The largest absolute Gasteiger partial charge is 0.338 e. The highest BCUT2D eigenvalue weighted by Crippen LogP contribution is 2.07. The second-order valence-electron chi connectivity index (χ2n) is 3.73. The number of aryl methyl sites for hydroxylation is 1. The summed E-state index contributed by atoms with van der Waals surface area (Å²) in [5.74, 6) is -0.0176. The van der Waals surface area contributed by atoms with Gasteiger partial charge in [-0.15, -0.1) is 0 Å². The van der Waals surface area contributed by atoms with Gasteiger partial charge in [-0.2, -0.15) is 0 Å². The Kier molecular flexibility index (Phi) is 3.85. The summed E-state index contributed by atoms with van der Waals surface area (Å²) in [6.45, 7) is 2.57. The van der Waals surface area contributed by atoms with Gasteiger partial charge in [0.05, 0.1) is 12.5 Å². The number of aromatic nitrogens is 2. The molecular formula is C10H18N4O. The van der Waals surface area contributed by atoms with Gasteiger partial charge in [0, 0.05) is 20.1 Å². The van der Waals surface area contributed by atoms with Crippen LogP contribution in [0.25, 0.3) is 0 Å². The monoisotopic (exact) mass is 210 g/mol. The van der Waals surface area contributed by atoms with Crippen LogP contribution in [0.2, 0.25) is 0 Å². The first-order valence-electron chi connectivity index (χ1n) is 5.01. The minimum Gasteiger partial charge on any atom is -0.338 e. The van der Waals surface area contributed by atoms with Gasteiger partial charge in [0.25, 0.3) is 5.91 Å². The molecule has 0 aromatic carbocycles. The Bertz CT molecular complexity index is 334. The Balaban J connectivity index is 2.73. The van der Waals surface area contributed by atoms with Crippen LogP contribution in [0.15, 0.2) is 12.5 Å². The van der Waals surface area contributed by atoms with Crippen molar-refractivity contribution in [3.8, 4) is 0 Å². The molecule has 0 aliphatic heterocycles. The predicted molar refractivity (Wildman–Crippen MR) is 58.4 cm³/mol. The first-order valence-corrected chi connectivity index (χ1v) is 5.01. The van der Waals surface area contributed by atoms with Gasteiger partial charge in [0.1, 0.15) is 5.69 Å². The highest BCUT2D eigenvalue weighted by atomic mass is 16.2. The zero-order valence-electron chi connectivity index (χ0n) is 9.47. The van der Waals surface area contributed by atoms with E-state index < -0.39 is 0 Å². The Morgan fingerprint density at radius 3 is 2.87 bits per heavy atom. The molecule has 0 saturated heterocycles. The lowest BCUT2D eigenvalue weighted by Gasteiger charge is -2.24. The van der Waals surface area contributed by atoms with E-state index in [1.165, 1.54) is 0 Å². The van der Waals surface area contributed by atoms with Crippen LogP contribution in [0.3, 0.4) is 0 Å². The molecule has 0 saturated carbocycles. The van der Waals surface area contributed by atoms with E-state index >= 15 is 0 Å². The molecule has 1 amide bonds. The lowest BCUT2D eigenvalue weighted by Crippen LogP contribution is -2.37. The fraction of sp³-hybridized carbons (Fsp3) is 0.600. The third-order valence-electron chi connectivity index (χ3n) is 2.60. The SMILES string of the molecule is CC(CCN)N(C)C(=O)c1cncn1C. The molecule has 0 radical (unpaired) electrons. The van der Waals surface area contributed by atoms with Gasteiger partial charge in [-0.3, -0.25) is 4.79 Å². The average molecular weight is 210 g/mol. The average Bonchev–Trinajstić information content (AvgIpc) is 2.62. The Hall–Kier alpha value is -1.36. The second-order valence-corrected chi connectivity index (χ2v) is 3.73. The van der Waals surface area contributed by atoms with Crippen LogP contribution in [0.1, 0.15) is 23.8 Å². The van der Waals surface area contributed by atoms with E-state index in [0.29, 0.717) is 12.2 Å². The van der Waals surface area contributed by atoms with E-state index in [2.05, 4.69) is 4.98 Å². The van der Waals surface area contributed by atoms with Crippen molar-refractivity contribution in [3.05, 3.63) is 18.2 Å². The van der Waals surface area contributed by atoms with Crippen LogP contribution < -0.4 is 5.73 Å². The fourth-order valence-electron chi connectivity index (χ4n) is 1.38. The van der Waals surface area contributed by atoms with Crippen molar-refractivity contribution in [3.63, 3.8) is 0 Å². The Morgan fingerprint density at radius 1 is 1.73 bits per heavy atom. The third-order valence-corrected chi connectivity index (χ3v) is 2.60. The molecule has 0 bridgehead atoms. The molecule has 84 valence electrons. The standard InChI is InChI=1S/C10H18N4O/c1-8(4-5-11)14(3)10(15)9-6-12-7-13(9)2/h6-8H,4-5,11H2,1-3H3. The van der Waals surface area contributed by atoms with E-state index in [4.69, 9.17) is 5.73 Å². The second kappa shape index (κ2) is 4.93. The first-order chi connectivity index (χ1) is 7.07. The quantitative estimate of drug-likeness (QED) is 0.773. The highest BCUT2D eigenvalue weighted by Gasteiger charge is 2.18. The van der Waals surface area contributed by atoms with Crippen LogP contribution in [-0.2, 0) is 7.05 Å². The summed E-state index contributed by atoms with van der Waals surface area (Å²) in [4.78, 5) is 17.6. The van der Waals surface area contributed by atoms with Crippen molar-refractivity contribution in [1.82, 2.24) is 14.5 Å². The zero-order valence-corrected chi connectivity index (χ0v) is 9.47. The maximum absolute atomic E-state index is 12.0. The number of nitrogens with two attached hydrogens (primary N) is 1. The fourth-order valence-corrected chi connectivity index (χ4v) is 1.38. The summed E-state index contributed by atoms with van der Waals surface area (Å²) in [7, 11) is 3.59. The van der Waals surface area contributed by atoms with Crippen molar-refractivity contribution in [2.45, 2.75) is 19.4 Å². The number of rotatable bonds is 4. The summed E-state index contributed by atoms with van der Waals surface area (Å²) < 4.78 is 1.72. The molecule has 1 atom stereocenters. The van der Waals surface area contributed by atoms with E-state index in [0.717, 1.165) is 6.42 Å². The number of amides is 1. The lowest BCUT2D eigenvalue weighted by atomic mass is 10.2. The molecule has 1 aromatic rings. The molecule has 1 aromatic heterocycles. The summed E-state index contributed by atoms with van der Waals surface area (Å²) in [6, 6.07) is 0.150. The summed E-state index contributed by atoms with van der Waals surface area (Å²) in [6.07, 6.45) is 4.00. The molecule has 15 heavy (non-hydrogen) atoms. The van der Waals surface area contributed by atoms with Crippen molar-refractivity contribution in [1.29, 1.82) is 0 Å². The number of nitrogens with zero attached hydrogens (tertiary/aromatic N) is 3. The topological polar surface area (TPSA) is 64.2 Å². The zero-order chi connectivity index (χ0) is 11.4. The first kappa shape index (κ1) is 11.7. The molecule has 1 rings (SSSR count). The molecule has 0 aliphatic carbocycles. The van der Waals surface area contributed by atoms with Crippen molar-refractivity contribution in [2.24, 2.45) is 12.8 Å². The molecule has 0 spiro atoms. The van der Waals surface area contributed by atoms with Gasteiger partial charge < -0.3 is 15.2 Å². The van der Waals surface area contributed by atoms with E-state index in [1.807, 2.05) is 14.0 Å². The van der Waals surface area contributed by atoms with Gasteiger partial charge in [0.15, 0.2) is 0 Å². The van der Waals surface area contributed by atoms with Crippen LogP contribution in [0.4, 0.5) is 0 Å². The summed E-state index contributed by atoms with van der Waals surface area (Å²) in [5, 5.41) is 0. The van der Waals surface area contributed by atoms with Crippen LogP contribution in [-0.4, -0.2) is 40.0 Å². The van der Waals surface area contributed by atoms with Crippen molar-refractivity contribution in [2.75, 3.05) is 13.6 Å². The van der Waals surface area contributed by atoms with Crippen molar-refractivity contribution < 1.29 is 4.79 Å². The summed E-state index contributed by atoms with van der Waals surface area (Å²) >= 11 is 0. The third kappa shape index (κ3) is 2.56. The maximum atomic E-state index is 12.0. The van der Waals surface area contributed by atoms with Crippen LogP contribution in [0, 0.1) is 0 Å². The number of carbonyl (C=O) groups excluding carboxylic acids is 1. The van der Waals surface area contributed by atoms with Crippen LogP contribution >= 0.6 is 0 Å². The normalized spacial score (nSPS) is 12.5. The van der Waals surface area contributed by atoms with Gasteiger partial charge in [-0.25, -0.2) is 4.98 Å². The predicted octanol–water partition coefficient (Wildman–Crippen LogP) is 0.229. The van der Waals surface area contributed by atoms with Gasteiger partial charge in [-0.1, -0.05) is 0 Å². The number of hydrogen-bond donors (Lipinski definition) is 1. The Morgan fingerprint density at radius 2 is 2.40 bits per heavy atom.